The van der Waals surface area contributed by atoms with Gasteiger partial charge < -0.3 is 5.32 Å². The molecule has 2 aliphatic carbocycles. The van der Waals surface area contributed by atoms with Gasteiger partial charge >= 0.3 is 5.69 Å². The fourth-order valence-electron chi connectivity index (χ4n) is 2.91. The summed E-state index contributed by atoms with van der Waals surface area (Å²) in [6.07, 6.45) is 12.7. The molecule has 0 atom stereocenters. The van der Waals surface area contributed by atoms with E-state index >= 15 is 0 Å². The predicted octanol–water partition coefficient (Wildman–Crippen LogP) is 1.91. The van der Waals surface area contributed by atoms with Gasteiger partial charge in [-0.2, -0.15) is 0 Å². The minimum absolute atomic E-state index is 0.179. The molecule has 4 heteroatoms. The minimum atomic E-state index is 0.179. The van der Waals surface area contributed by atoms with Crippen LogP contribution in [0.2, 0.25) is 0 Å². The summed E-state index contributed by atoms with van der Waals surface area (Å²) in [5.41, 5.74) is 0.179. The van der Waals surface area contributed by atoms with Gasteiger partial charge in [0.15, 0.2) is 0 Å². The lowest BCUT2D eigenvalue weighted by atomic mass is 10.2. The van der Waals surface area contributed by atoms with Crippen LogP contribution in [0, 0.1) is 0 Å². The summed E-state index contributed by atoms with van der Waals surface area (Å²) < 4.78 is 3.75. The number of nitrogens with one attached hydrogen (secondary N) is 1. The van der Waals surface area contributed by atoms with E-state index in [4.69, 9.17) is 0 Å². The Hall–Kier alpha value is -1.03. The summed E-state index contributed by atoms with van der Waals surface area (Å²) in [6.45, 7) is 1.88. The first-order valence-corrected chi connectivity index (χ1v) is 7.35. The number of aryl methyl sites for hydroxylation is 1. The van der Waals surface area contributed by atoms with Crippen LogP contribution in [-0.4, -0.2) is 21.7 Å². The highest BCUT2D eigenvalue weighted by Crippen LogP contribution is 2.33. The highest BCUT2D eigenvalue weighted by Gasteiger charge is 2.25. The van der Waals surface area contributed by atoms with E-state index in [1.54, 1.807) is 0 Å². The minimum Gasteiger partial charge on any atom is -0.314 e. The van der Waals surface area contributed by atoms with Crippen molar-refractivity contribution in [3.63, 3.8) is 0 Å². The zero-order chi connectivity index (χ0) is 12.4. The molecule has 1 N–H and O–H groups in total. The van der Waals surface area contributed by atoms with Crippen LogP contribution in [0.1, 0.15) is 51.0 Å². The molecule has 0 saturated heterocycles. The summed E-state index contributed by atoms with van der Waals surface area (Å²) in [5, 5.41) is 3.59. The number of hydrogen-bond acceptors (Lipinski definition) is 2. The Balaban J connectivity index is 1.43. The lowest BCUT2D eigenvalue weighted by Gasteiger charge is -2.11. The van der Waals surface area contributed by atoms with Crippen molar-refractivity contribution in [2.45, 2.75) is 63.6 Å². The van der Waals surface area contributed by atoms with Gasteiger partial charge in [-0.25, -0.2) is 4.79 Å². The molecule has 0 unspecified atom stereocenters. The molecule has 3 rings (SSSR count). The monoisotopic (exact) mass is 249 g/mol. The van der Waals surface area contributed by atoms with Crippen LogP contribution >= 0.6 is 0 Å². The molecule has 0 aliphatic heterocycles. The number of aromatic nitrogens is 2. The topological polar surface area (TPSA) is 39.0 Å². The molecular formula is C14H23N3O. The maximum absolute atomic E-state index is 12.0. The Kier molecular flexibility index (Phi) is 3.55. The summed E-state index contributed by atoms with van der Waals surface area (Å²) >= 11 is 0. The van der Waals surface area contributed by atoms with Gasteiger partial charge in [0.05, 0.1) is 0 Å². The normalized spacial score (nSPS) is 20.7. The van der Waals surface area contributed by atoms with Crippen molar-refractivity contribution >= 4 is 0 Å². The molecule has 2 aliphatic rings. The molecule has 0 aromatic carbocycles. The van der Waals surface area contributed by atoms with Crippen molar-refractivity contribution in [1.82, 2.24) is 14.5 Å². The third-order valence-electron chi connectivity index (χ3n) is 4.18. The van der Waals surface area contributed by atoms with Gasteiger partial charge in [-0.3, -0.25) is 9.13 Å². The van der Waals surface area contributed by atoms with E-state index in [2.05, 4.69) is 5.32 Å². The first-order valence-electron chi connectivity index (χ1n) is 7.35. The summed E-state index contributed by atoms with van der Waals surface area (Å²) in [5.74, 6) is 0. The Morgan fingerprint density at radius 3 is 2.67 bits per heavy atom. The second kappa shape index (κ2) is 5.31. The van der Waals surface area contributed by atoms with Crippen molar-refractivity contribution < 1.29 is 0 Å². The lowest BCUT2D eigenvalue weighted by Crippen LogP contribution is -2.29. The van der Waals surface area contributed by atoms with E-state index in [1.165, 1.54) is 38.5 Å². The molecule has 0 spiro atoms. The van der Waals surface area contributed by atoms with Gasteiger partial charge in [0.2, 0.25) is 0 Å². The van der Waals surface area contributed by atoms with Gasteiger partial charge in [-0.15, -0.1) is 0 Å². The number of nitrogens with zero attached hydrogens (tertiary/aromatic N) is 2. The standard InChI is InChI=1S/C14H23N3O/c18-14-16(10-11-17(14)13-6-7-13)9-3-8-15-12-4-1-2-5-12/h10-13,15H,1-9H2. The summed E-state index contributed by atoms with van der Waals surface area (Å²) in [7, 11) is 0. The van der Waals surface area contributed by atoms with Crippen molar-refractivity contribution in [3.8, 4) is 0 Å². The fraction of sp³-hybridized carbons (Fsp3) is 0.786. The molecule has 18 heavy (non-hydrogen) atoms. The van der Waals surface area contributed by atoms with Crippen molar-refractivity contribution in [3.05, 3.63) is 22.9 Å². The first-order chi connectivity index (χ1) is 8.84. The van der Waals surface area contributed by atoms with E-state index in [-0.39, 0.29) is 5.69 Å². The highest BCUT2D eigenvalue weighted by atomic mass is 16.1. The SMILES string of the molecule is O=c1n(CCCNC2CCCC2)ccn1C1CC1. The van der Waals surface area contributed by atoms with Gasteiger partial charge in [0.25, 0.3) is 0 Å². The first kappa shape index (κ1) is 12.0. The molecule has 100 valence electrons. The molecule has 0 bridgehead atoms. The molecular weight excluding hydrogens is 226 g/mol. The Morgan fingerprint density at radius 2 is 1.94 bits per heavy atom. The average Bonchev–Trinajstić information content (AvgIpc) is 2.95. The largest absolute Gasteiger partial charge is 0.328 e. The van der Waals surface area contributed by atoms with Gasteiger partial charge in [0.1, 0.15) is 0 Å². The summed E-state index contributed by atoms with van der Waals surface area (Å²) in [6, 6.07) is 1.23. The van der Waals surface area contributed by atoms with E-state index < -0.39 is 0 Å². The number of hydrogen-bond donors (Lipinski definition) is 1. The lowest BCUT2D eigenvalue weighted by molar-refractivity contribution is 0.489. The Bertz CT molecular complexity index is 438. The smallest absolute Gasteiger partial charge is 0.314 e. The molecule has 0 amide bonds. The highest BCUT2D eigenvalue weighted by molar-refractivity contribution is 4.91. The van der Waals surface area contributed by atoms with Crippen LogP contribution in [0.5, 0.6) is 0 Å². The number of imidazole rings is 1. The number of rotatable bonds is 6. The molecule has 1 aromatic rings. The van der Waals surface area contributed by atoms with Crippen molar-refractivity contribution in [2.75, 3.05) is 6.54 Å². The van der Waals surface area contributed by atoms with E-state index in [0.717, 1.165) is 25.6 Å². The van der Waals surface area contributed by atoms with Crippen molar-refractivity contribution in [1.29, 1.82) is 0 Å². The summed E-state index contributed by atoms with van der Waals surface area (Å²) in [4.78, 5) is 12.0. The Labute approximate surface area is 108 Å². The average molecular weight is 249 g/mol. The van der Waals surface area contributed by atoms with Crippen LogP contribution in [0.3, 0.4) is 0 Å². The van der Waals surface area contributed by atoms with Crippen LogP contribution in [0.25, 0.3) is 0 Å². The van der Waals surface area contributed by atoms with Gasteiger partial charge in [0, 0.05) is 31.0 Å². The van der Waals surface area contributed by atoms with Gasteiger partial charge in [-0.05, 0) is 38.6 Å². The van der Waals surface area contributed by atoms with E-state index in [9.17, 15) is 4.79 Å². The maximum Gasteiger partial charge on any atom is 0.328 e. The second-order valence-corrected chi connectivity index (χ2v) is 5.70. The maximum atomic E-state index is 12.0. The van der Waals surface area contributed by atoms with Crippen LogP contribution in [0.15, 0.2) is 17.2 Å². The molecule has 1 aromatic heterocycles. The zero-order valence-corrected chi connectivity index (χ0v) is 11.0. The van der Waals surface area contributed by atoms with Crippen LogP contribution in [-0.2, 0) is 6.54 Å². The Morgan fingerprint density at radius 1 is 1.17 bits per heavy atom. The molecule has 4 nitrogen and oxygen atoms in total. The third-order valence-corrected chi connectivity index (χ3v) is 4.18. The predicted molar refractivity (Wildman–Crippen MR) is 71.8 cm³/mol. The van der Waals surface area contributed by atoms with E-state index in [0.29, 0.717) is 6.04 Å². The zero-order valence-electron chi connectivity index (χ0n) is 11.0. The second-order valence-electron chi connectivity index (χ2n) is 5.70. The quantitative estimate of drug-likeness (QED) is 0.782. The van der Waals surface area contributed by atoms with Gasteiger partial charge in [-0.1, -0.05) is 12.8 Å². The van der Waals surface area contributed by atoms with Crippen molar-refractivity contribution in [2.24, 2.45) is 0 Å². The molecule has 2 fully saturated rings. The molecule has 1 heterocycles. The fourth-order valence-corrected chi connectivity index (χ4v) is 2.91. The molecule has 2 saturated carbocycles. The molecule has 0 radical (unpaired) electrons. The van der Waals surface area contributed by atoms with E-state index in [1.807, 2.05) is 21.5 Å². The third kappa shape index (κ3) is 2.69. The van der Waals surface area contributed by atoms with Crippen LogP contribution < -0.4 is 11.0 Å². The van der Waals surface area contributed by atoms with Crippen LogP contribution in [0.4, 0.5) is 0 Å².